The number of hydrogen-bond donors (Lipinski definition) is 5. The highest BCUT2D eigenvalue weighted by atomic mass is 16.3. The van der Waals surface area contributed by atoms with E-state index in [4.69, 9.17) is 0 Å². The molecule has 5 N–H and O–H groups in total. The summed E-state index contributed by atoms with van der Waals surface area (Å²) in [4.78, 5) is 0. The van der Waals surface area contributed by atoms with Crippen LogP contribution >= 0.6 is 0 Å². The van der Waals surface area contributed by atoms with E-state index in [1.54, 1.807) is 0 Å². The normalized spacial score (nSPS) is 40.6. The first-order valence-electron chi connectivity index (χ1n) is 7.37. The topological polar surface area (TPSA) is 101 Å². The van der Waals surface area contributed by atoms with E-state index in [2.05, 4.69) is 0 Å². The molecule has 1 aliphatic rings. The highest BCUT2D eigenvalue weighted by molar-refractivity contribution is 4.71. The van der Waals surface area contributed by atoms with Gasteiger partial charge in [0.2, 0.25) is 0 Å². The predicted octanol–water partition coefficient (Wildman–Crippen LogP) is 0.315. The summed E-state index contributed by atoms with van der Waals surface area (Å²) in [5.74, 6) is 0. The number of hydrogen-bond acceptors (Lipinski definition) is 5. The molecular weight excluding hydrogens is 248 g/mol. The molecular formula is C14H28O5. The molecule has 114 valence electrons. The van der Waals surface area contributed by atoms with Gasteiger partial charge in [0.1, 0.15) is 0 Å². The number of aliphatic hydroxyl groups excluding tert-OH is 5. The monoisotopic (exact) mass is 276 g/mol. The first-order chi connectivity index (χ1) is 8.97. The van der Waals surface area contributed by atoms with Gasteiger partial charge in [-0.2, -0.15) is 0 Å². The van der Waals surface area contributed by atoms with Crippen molar-refractivity contribution in [1.82, 2.24) is 0 Å². The Hall–Kier alpha value is -0.200. The fourth-order valence-electron chi connectivity index (χ4n) is 2.52. The zero-order valence-corrected chi connectivity index (χ0v) is 11.5. The van der Waals surface area contributed by atoms with E-state index in [9.17, 15) is 25.5 Å². The Bertz CT molecular complexity index is 214. The van der Waals surface area contributed by atoms with Crippen molar-refractivity contribution in [3.63, 3.8) is 0 Å². The average Bonchev–Trinajstić information content (AvgIpc) is 2.37. The van der Waals surface area contributed by atoms with Crippen LogP contribution in [0.5, 0.6) is 0 Å². The van der Waals surface area contributed by atoms with Gasteiger partial charge in [-0.15, -0.1) is 0 Å². The van der Waals surface area contributed by atoms with Crippen LogP contribution in [0.1, 0.15) is 57.8 Å². The van der Waals surface area contributed by atoms with Gasteiger partial charge >= 0.3 is 0 Å². The lowest BCUT2D eigenvalue weighted by Gasteiger charge is -2.21. The molecule has 1 aliphatic carbocycles. The summed E-state index contributed by atoms with van der Waals surface area (Å²) in [6, 6.07) is 0. The standard InChI is InChI=1S/C14H28O5/c15-10-1-3-11(16)5-7-13(18)9-14(19)8-6-12(17)4-2-10/h10-19H,1-9H2. The maximum Gasteiger partial charge on any atom is 0.0565 e. The van der Waals surface area contributed by atoms with Crippen molar-refractivity contribution in [2.45, 2.75) is 88.3 Å². The van der Waals surface area contributed by atoms with E-state index in [-0.39, 0.29) is 0 Å². The molecule has 0 heterocycles. The van der Waals surface area contributed by atoms with Crippen LogP contribution in [0.3, 0.4) is 0 Å². The second kappa shape index (κ2) is 8.87. The summed E-state index contributed by atoms with van der Waals surface area (Å²) in [5, 5.41) is 48.7. The number of aliphatic hydroxyl groups is 5. The van der Waals surface area contributed by atoms with Gasteiger partial charge in [-0.1, -0.05) is 0 Å². The third-order valence-electron chi connectivity index (χ3n) is 3.88. The Balaban J connectivity index is 2.46. The van der Waals surface area contributed by atoms with Gasteiger partial charge < -0.3 is 25.5 Å². The van der Waals surface area contributed by atoms with Gasteiger partial charge in [0, 0.05) is 0 Å². The van der Waals surface area contributed by atoms with Crippen molar-refractivity contribution >= 4 is 0 Å². The molecule has 5 heteroatoms. The van der Waals surface area contributed by atoms with Crippen LogP contribution in [-0.2, 0) is 0 Å². The van der Waals surface area contributed by atoms with Gasteiger partial charge in [0.05, 0.1) is 30.5 Å². The van der Waals surface area contributed by atoms with Crippen LogP contribution < -0.4 is 0 Å². The summed E-state index contributed by atoms with van der Waals surface area (Å²) in [6.07, 6.45) is 1.47. The Labute approximate surface area is 114 Å². The van der Waals surface area contributed by atoms with Crippen molar-refractivity contribution < 1.29 is 25.5 Å². The van der Waals surface area contributed by atoms with E-state index in [0.717, 1.165) is 0 Å². The molecule has 0 amide bonds. The van der Waals surface area contributed by atoms with Crippen LogP contribution in [0.2, 0.25) is 0 Å². The van der Waals surface area contributed by atoms with E-state index >= 15 is 0 Å². The highest BCUT2D eigenvalue weighted by Crippen LogP contribution is 2.18. The van der Waals surface area contributed by atoms with Crippen LogP contribution in [0.4, 0.5) is 0 Å². The highest BCUT2D eigenvalue weighted by Gasteiger charge is 2.18. The van der Waals surface area contributed by atoms with Crippen molar-refractivity contribution in [2.75, 3.05) is 0 Å². The quantitative estimate of drug-likeness (QED) is 0.438. The smallest absolute Gasteiger partial charge is 0.0565 e. The van der Waals surface area contributed by atoms with E-state index in [1.165, 1.54) is 0 Å². The summed E-state index contributed by atoms with van der Waals surface area (Å²) < 4.78 is 0. The Morgan fingerprint density at radius 1 is 0.368 bits per heavy atom. The minimum absolute atomic E-state index is 0.294. The molecule has 0 aromatic rings. The summed E-state index contributed by atoms with van der Waals surface area (Å²) >= 11 is 0. The van der Waals surface area contributed by atoms with Crippen LogP contribution in [-0.4, -0.2) is 56.1 Å². The van der Waals surface area contributed by atoms with Gasteiger partial charge in [0.15, 0.2) is 0 Å². The molecule has 1 rings (SSSR count). The minimum Gasteiger partial charge on any atom is -0.393 e. The van der Waals surface area contributed by atoms with Crippen molar-refractivity contribution in [1.29, 1.82) is 0 Å². The SMILES string of the molecule is OC1CCC(O)CCC(O)CC(O)CCC(O)CC1. The molecule has 0 aliphatic heterocycles. The lowest BCUT2D eigenvalue weighted by Crippen LogP contribution is -2.23. The summed E-state index contributed by atoms with van der Waals surface area (Å²) in [6.45, 7) is 0. The molecule has 0 radical (unpaired) electrons. The molecule has 0 spiro atoms. The Morgan fingerprint density at radius 3 is 0.842 bits per heavy atom. The first-order valence-corrected chi connectivity index (χ1v) is 7.37. The molecule has 0 aromatic carbocycles. The molecule has 19 heavy (non-hydrogen) atoms. The van der Waals surface area contributed by atoms with Gasteiger partial charge in [-0.3, -0.25) is 0 Å². The van der Waals surface area contributed by atoms with Crippen molar-refractivity contribution in [3.8, 4) is 0 Å². The number of rotatable bonds is 0. The molecule has 0 bridgehead atoms. The van der Waals surface area contributed by atoms with E-state index in [1.807, 2.05) is 0 Å². The van der Waals surface area contributed by atoms with Gasteiger partial charge in [0.25, 0.3) is 0 Å². The second-order valence-electron chi connectivity index (χ2n) is 5.81. The molecule has 1 saturated carbocycles. The fourth-order valence-corrected chi connectivity index (χ4v) is 2.52. The minimum atomic E-state index is -0.616. The summed E-state index contributed by atoms with van der Waals surface area (Å²) in [5.41, 5.74) is 0. The predicted molar refractivity (Wildman–Crippen MR) is 71.6 cm³/mol. The van der Waals surface area contributed by atoms with E-state index in [0.29, 0.717) is 57.8 Å². The Kier molecular flexibility index (Phi) is 7.87. The third-order valence-corrected chi connectivity index (χ3v) is 3.88. The molecule has 5 nitrogen and oxygen atoms in total. The van der Waals surface area contributed by atoms with Crippen LogP contribution in [0.25, 0.3) is 0 Å². The third kappa shape index (κ3) is 7.84. The molecule has 4 atom stereocenters. The first kappa shape index (κ1) is 16.9. The summed E-state index contributed by atoms with van der Waals surface area (Å²) in [7, 11) is 0. The average molecular weight is 276 g/mol. The zero-order chi connectivity index (χ0) is 14.3. The van der Waals surface area contributed by atoms with Crippen molar-refractivity contribution in [2.24, 2.45) is 0 Å². The zero-order valence-electron chi connectivity index (χ0n) is 11.5. The maximum atomic E-state index is 9.74. The second-order valence-corrected chi connectivity index (χ2v) is 5.81. The van der Waals surface area contributed by atoms with Gasteiger partial charge in [-0.25, -0.2) is 0 Å². The lowest BCUT2D eigenvalue weighted by molar-refractivity contribution is 0.0359. The maximum absolute atomic E-state index is 9.74. The van der Waals surface area contributed by atoms with Gasteiger partial charge in [-0.05, 0) is 57.8 Å². The lowest BCUT2D eigenvalue weighted by atomic mass is 9.95. The van der Waals surface area contributed by atoms with Crippen LogP contribution in [0, 0.1) is 0 Å². The van der Waals surface area contributed by atoms with Crippen LogP contribution in [0.15, 0.2) is 0 Å². The Morgan fingerprint density at radius 2 is 0.579 bits per heavy atom. The van der Waals surface area contributed by atoms with Crippen molar-refractivity contribution in [3.05, 3.63) is 0 Å². The molecule has 0 saturated heterocycles. The van der Waals surface area contributed by atoms with E-state index < -0.39 is 30.5 Å². The fraction of sp³-hybridized carbons (Fsp3) is 1.00. The largest absolute Gasteiger partial charge is 0.393 e. The molecule has 4 unspecified atom stereocenters. The molecule has 0 aromatic heterocycles. The molecule has 1 fully saturated rings.